The quantitative estimate of drug-likeness (QED) is 0.901. The van der Waals surface area contributed by atoms with Gasteiger partial charge in [0.25, 0.3) is 0 Å². The Kier molecular flexibility index (Phi) is 4.58. The summed E-state index contributed by atoms with van der Waals surface area (Å²) in [4.78, 5) is 22.6. The van der Waals surface area contributed by atoms with Crippen LogP contribution in [-0.4, -0.2) is 24.8 Å². The van der Waals surface area contributed by atoms with Crippen LogP contribution in [0.2, 0.25) is 0 Å². The molecule has 0 aliphatic carbocycles. The summed E-state index contributed by atoms with van der Waals surface area (Å²) < 4.78 is 40.0. The Labute approximate surface area is 124 Å². The van der Waals surface area contributed by atoms with Gasteiger partial charge in [-0.05, 0) is 30.5 Å². The molecule has 2 N–H and O–H groups in total. The molecule has 1 aliphatic heterocycles. The fourth-order valence-electron chi connectivity index (χ4n) is 2.12. The topological polar surface area (TPSA) is 67.4 Å². The zero-order valence-corrected chi connectivity index (χ0v) is 11.8. The van der Waals surface area contributed by atoms with Gasteiger partial charge in [0.15, 0.2) is 6.61 Å². The molecule has 0 spiro atoms. The summed E-state index contributed by atoms with van der Waals surface area (Å²) in [5, 5.41) is 5.06. The summed E-state index contributed by atoms with van der Waals surface area (Å²) in [6.45, 7) is 0.0136. The van der Waals surface area contributed by atoms with Crippen LogP contribution < -0.4 is 10.6 Å². The zero-order valence-electron chi connectivity index (χ0n) is 11.8. The van der Waals surface area contributed by atoms with Crippen molar-refractivity contribution in [2.24, 2.45) is 0 Å². The van der Waals surface area contributed by atoms with Gasteiger partial charge >= 0.3 is 12.3 Å². The molecule has 1 heterocycles. The first-order valence-electron chi connectivity index (χ1n) is 6.67. The average Bonchev–Trinajstić information content (AvgIpc) is 2.43. The minimum absolute atomic E-state index is 0.0536. The normalized spacial score (nSPS) is 15.5. The summed E-state index contributed by atoms with van der Waals surface area (Å²) >= 11 is 0. The van der Waals surface area contributed by atoms with E-state index < -0.39 is 24.9 Å². The number of amides is 2. The molecule has 1 atom stereocenters. The van der Waals surface area contributed by atoms with E-state index >= 15 is 0 Å². The van der Waals surface area contributed by atoms with Crippen LogP contribution in [0.5, 0.6) is 0 Å². The van der Waals surface area contributed by atoms with Gasteiger partial charge in [-0.1, -0.05) is 12.1 Å². The first kappa shape index (κ1) is 16.1. The molecule has 120 valence electrons. The summed E-state index contributed by atoms with van der Waals surface area (Å²) in [6.07, 6.45) is -4.72. The molecule has 2 amide bonds. The Morgan fingerprint density at radius 1 is 1.41 bits per heavy atom. The third kappa shape index (κ3) is 4.37. The highest BCUT2D eigenvalue weighted by Crippen LogP contribution is 2.26. The van der Waals surface area contributed by atoms with E-state index in [4.69, 9.17) is 0 Å². The van der Waals surface area contributed by atoms with Gasteiger partial charge in [0.1, 0.15) is 0 Å². The minimum atomic E-state index is -4.55. The van der Waals surface area contributed by atoms with Gasteiger partial charge in [-0.15, -0.1) is 0 Å². The first-order valence-corrected chi connectivity index (χ1v) is 6.67. The fraction of sp³-hybridized carbons (Fsp3) is 0.429. The molecule has 1 aromatic carbocycles. The van der Waals surface area contributed by atoms with Crippen molar-refractivity contribution in [2.75, 3.05) is 11.9 Å². The van der Waals surface area contributed by atoms with Crippen molar-refractivity contribution >= 4 is 17.7 Å². The largest absolute Gasteiger partial charge is 0.440 e. The zero-order chi connectivity index (χ0) is 16.3. The van der Waals surface area contributed by atoms with Gasteiger partial charge < -0.3 is 15.4 Å². The van der Waals surface area contributed by atoms with Crippen molar-refractivity contribution in [1.82, 2.24) is 5.32 Å². The smallest absolute Gasteiger partial charge is 0.422 e. The predicted molar refractivity (Wildman–Crippen MR) is 72.3 cm³/mol. The van der Waals surface area contributed by atoms with Crippen LogP contribution in [0.3, 0.4) is 0 Å². The number of carbonyl (C=O) groups excluding carboxylic acids is 2. The monoisotopic (exact) mass is 316 g/mol. The number of halogens is 3. The minimum Gasteiger partial charge on any atom is -0.440 e. The Bertz CT molecular complexity index is 587. The number of anilines is 1. The molecular weight excluding hydrogens is 301 g/mol. The third-order valence-corrected chi connectivity index (χ3v) is 3.23. The van der Waals surface area contributed by atoms with Crippen molar-refractivity contribution in [3.8, 4) is 0 Å². The van der Waals surface area contributed by atoms with E-state index in [0.29, 0.717) is 18.5 Å². The number of hydrogen-bond donors (Lipinski definition) is 2. The summed E-state index contributed by atoms with van der Waals surface area (Å²) in [5.74, 6) is -0.0536. The van der Waals surface area contributed by atoms with Gasteiger partial charge in [-0.25, -0.2) is 4.79 Å². The van der Waals surface area contributed by atoms with E-state index in [2.05, 4.69) is 15.4 Å². The van der Waals surface area contributed by atoms with E-state index in [1.165, 1.54) is 0 Å². The molecule has 0 saturated heterocycles. The lowest BCUT2D eigenvalue weighted by Crippen LogP contribution is -2.31. The van der Waals surface area contributed by atoms with E-state index in [1.54, 1.807) is 19.1 Å². The number of ether oxygens (including phenoxy) is 1. The van der Waals surface area contributed by atoms with Crippen LogP contribution in [0.25, 0.3) is 0 Å². The molecule has 1 aromatic rings. The lowest BCUT2D eigenvalue weighted by Gasteiger charge is -2.20. The number of alkyl halides is 3. The second-order valence-electron chi connectivity index (χ2n) is 5.02. The maximum Gasteiger partial charge on any atom is 0.422 e. The number of benzene rings is 1. The molecule has 0 fully saturated rings. The van der Waals surface area contributed by atoms with Gasteiger partial charge in [-0.3, -0.25) is 4.79 Å². The second kappa shape index (κ2) is 6.25. The van der Waals surface area contributed by atoms with Crippen LogP contribution in [0.1, 0.15) is 30.5 Å². The Balaban J connectivity index is 1.97. The van der Waals surface area contributed by atoms with Gasteiger partial charge in [0.2, 0.25) is 5.91 Å². The second-order valence-corrected chi connectivity index (χ2v) is 5.02. The van der Waals surface area contributed by atoms with Gasteiger partial charge in [0.05, 0.1) is 6.04 Å². The van der Waals surface area contributed by atoms with E-state index in [0.717, 1.165) is 11.1 Å². The predicted octanol–water partition coefficient (Wildman–Crippen LogP) is 2.92. The van der Waals surface area contributed by atoms with Crippen molar-refractivity contribution in [1.29, 1.82) is 0 Å². The standard InChI is InChI=1S/C14H15F3N2O3/c1-8(18-13(21)22-7-14(15,16)17)9-2-4-11-10(6-9)3-5-12(20)19-11/h2,4,6,8H,3,5,7H2,1H3,(H,18,21)(H,19,20). The van der Waals surface area contributed by atoms with Crippen LogP contribution in [0.15, 0.2) is 18.2 Å². The molecule has 5 nitrogen and oxygen atoms in total. The third-order valence-electron chi connectivity index (χ3n) is 3.23. The van der Waals surface area contributed by atoms with Crippen LogP contribution in [-0.2, 0) is 16.0 Å². The first-order chi connectivity index (χ1) is 10.2. The van der Waals surface area contributed by atoms with E-state index in [-0.39, 0.29) is 5.91 Å². The average molecular weight is 316 g/mol. The maximum absolute atomic E-state index is 12.0. The number of fused-ring (bicyclic) bond motifs is 1. The van der Waals surface area contributed by atoms with Crippen LogP contribution in [0, 0.1) is 0 Å². The van der Waals surface area contributed by atoms with Gasteiger partial charge in [0, 0.05) is 12.1 Å². The molecule has 2 rings (SSSR count). The lowest BCUT2D eigenvalue weighted by atomic mass is 9.98. The number of rotatable bonds is 3. The van der Waals surface area contributed by atoms with Crippen molar-refractivity contribution in [2.45, 2.75) is 32.0 Å². The molecular formula is C14H15F3N2O3. The van der Waals surface area contributed by atoms with Crippen LogP contribution in [0.4, 0.5) is 23.7 Å². The highest BCUT2D eigenvalue weighted by molar-refractivity contribution is 5.93. The molecule has 8 heteroatoms. The number of hydrogen-bond acceptors (Lipinski definition) is 3. The molecule has 0 bridgehead atoms. The van der Waals surface area contributed by atoms with Crippen molar-refractivity contribution in [3.63, 3.8) is 0 Å². The number of aryl methyl sites for hydroxylation is 1. The van der Waals surface area contributed by atoms with Gasteiger partial charge in [-0.2, -0.15) is 13.2 Å². The molecule has 1 unspecified atom stereocenters. The van der Waals surface area contributed by atoms with Crippen molar-refractivity contribution in [3.05, 3.63) is 29.3 Å². The van der Waals surface area contributed by atoms with Crippen LogP contribution >= 0.6 is 0 Å². The SMILES string of the molecule is CC(NC(=O)OCC(F)(F)F)c1ccc2c(c1)CCC(=O)N2. The molecule has 0 aromatic heterocycles. The molecule has 1 aliphatic rings. The van der Waals surface area contributed by atoms with E-state index in [1.807, 2.05) is 6.07 Å². The van der Waals surface area contributed by atoms with Crippen molar-refractivity contribution < 1.29 is 27.5 Å². The highest BCUT2D eigenvalue weighted by Gasteiger charge is 2.29. The van der Waals surface area contributed by atoms with E-state index in [9.17, 15) is 22.8 Å². The lowest BCUT2D eigenvalue weighted by molar-refractivity contribution is -0.160. The Hall–Kier alpha value is -2.25. The molecule has 0 saturated carbocycles. The maximum atomic E-state index is 12.0. The number of nitrogens with one attached hydrogen (secondary N) is 2. The molecule has 0 radical (unpaired) electrons. The molecule has 22 heavy (non-hydrogen) atoms. The number of alkyl carbamates (subject to hydrolysis) is 1. The highest BCUT2D eigenvalue weighted by atomic mass is 19.4. The fourth-order valence-corrected chi connectivity index (χ4v) is 2.12. The summed E-state index contributed by atoms with van der Waals surface area (Å²) in [5.41, 5.74) is 2.36. The Morgan fingerprint density at radius 2 is 2.14 bits per heavy atom. The summed E-state index contributed by atoms with van der Waals surface area (Å²) in [7, 11) is 0. The number of carbonyl (C=O) groups is 2. The summed E-state index contributed by atoms with van der Waals surface area (Å²) in [6, 6.07) is 4.70. The Morgan fingerprint density at radius 3 is 2.82 bits per heavy atom.